The summed E-state index contributed by atoms with van der Waals surface area (Å²) in [6.07, 6.45) is -0.826. The molecule has 0 radical (unpaired) electrons. The van der Waals surface area contributed by atoms with Crippen LogP contribution in [0, 0.1) is 5.82 Å². The van der Waals surface area contributed by atoms with Crippen molar-refractivity contribution in [3.05, 3.63) is 53.8 Å². The lowest BCUT2D eigenvalue weighted by molar-refractivity contribution is -0.115. The van der Waals surface area contributed by atoms with Gasteiger partial charge in [0.1, 0.15) is 12.4 Å². The van der Waals surface area contributed by atoms with Crippen molar-refractivity contribution in [1.29, 1.82) is 0 Å². The Morgan fingerprint density at radius 3 is 2.76 bits per heavy atom. The molecule has 1 aliphatic heterocycles. The molecule has 2 N–H and O–H groups in total. The smallest absolute Gasteiger partial charge is 0.244 e. The Balaban J connectivity index is 2.15. The van der Waals surface area contributed by atoms with Crippen LogP contribution in [-0.4, -0.2) is 17.6 Å². The van der Waals surface area contributed by atoms with Crippen LogP contribution in [0.1, 0.15) is 18.6 Å². The molecule has 1 amide bonds. The van der Waals surface area contributed by atoms with Crippen LogP contribution < -0.4 is 10.2 Å². The van der Waals surface area contributed by atoms with Crippen molar-refractivity contribution >= 4 is 23.0 Å². The number of benzene rings is 2. The Kier molecular flexibility index (Phi) is 3.35. The molecule has 21 heavy (non-hydrogen) atoms. The molecule has 0 saturated carbocycles. The molecule has 0 bridgehead atoms. The van der Waals surface area contributed by atoms with Gasteiger partial charge >= 0.3 is 0 Å². The number of carbonyl (C=O) groups excluding carboxylic acids is 1. The highest BCUT2D eigenvalue weighted by molar-refractivity contribution is 6.03. The maximum atomic E-state index is 13.4. The van der Waals surface area contributed by atoms with E-state index in [1.54, 1.807) is 17.9 Å². The molecule has 1 heterocycles. The zero-order valence-electron chi connectivity index (χ0n) is 11.5. The second-order valence-corrected chi connectivity index (χ2v) is 5.03. The summed E-state index contributed by atoms with van der Waals surface area (Å²) in [4.78, 5) is 13.7. The third-order valence-corrected chi connectivity index (χ3v) is 3.50. The quantitative estimate of drug-likeness (QED) is 0.892. The fourth-order valence-electron chi connectivity index (χ4n) is 2.55. The number of carbonyl (C=O) groups is 1. The Morgan fingerprint density at radius 2 is 2.00 bits per heavy atom. The minimum Gasteiger partial charge on any atom is -0.389 e. The van der Waals surface area contributed by atoms with E-state index >= 15 is 0 Å². The number of anilines is 3. The van der Waals surface area contributed by atoms with Crippen molar-refractivity contribution in [3.8, 4) is 0 Å². The number of rotatable bonds is 2. The molecule has 0 saturated heterocycles. The molecule has 0 aliphatic carbocycles. The van der Waals surface area contributed by atoms with Crippen LogP contribution in [0.15, 0.2) is 42.5 Å². The number of halogens is 1. The molecule has 0 fully saturated rings. The molecular weight excluding hydrogens is 271 g/mol. The van der Waals surface area contributed by atoms with E-state index in [2.05, 4.69) is 5.32 Å². The number of fused-ring (bicyclic) bond motifs is 1. The minimum absolute atomic E-state index is 0.127. The highest BCUT2D eigenvalue weighted by Gasteiger charge is 2.25. The van der Waals surface area contributed by atoms with E-state index in [0.29, 0.717) is 16.9 Å². The molecule has 2 aromatic rings. The van der Waals surface area contributed by atoms with Gasteiger partial charge < -0.3 is 15.3 Å². The Morgan fingerprint density at radius 1 is 1.24 bits per heavy atom. The number of amides is 1. The van der Waals surface area contributed by atoms with Gasteiger partial charge in [0.05, 0.1) is 17.5 Å². The average molecular weight is 286 g/mol. The summed E-state index contributed by atoms with van der Waals surface area (Å²) < 4.78 is 13.4. The first-order chi connectivity index (χ1) is 10.1. The number of aliphatic hydroxyl groups excluding tert-OH is 1. The lowest BCUT2D eigenvalue weighted by Crippen LogP contribution is -2.35. The Labute approximate surface area is 121 Å². The fourth-order valence-corrected chi connectivity index (χ4v) is 2.55. The molecule has 0 aromatic heterocycles. The number of para-hydroxylation sites is 2. The first-order valence-electron chi connectivity index (χ1n) is 6.70. The third-order valence-electron chi connectivity index (χ3n) is 3.50. The highest BCUT2D eigenvalue weighted by atomic mass is 19.1. The molecule has 1 atom stereocenters. The van der Waals surface area contributed by atoms with Crippen molar-refractivity contribution in [3.63, 3.8) is 0 Å². The molecular formula is C16H15FN2O2. The Bertz CT molecular complexity index is 700. The lowest BCUT2D eigenvalue weighted by atomic mass is 10.0. The van der Waals surface area contributed by atoms with Crippen LogP contribution in [0.25, 0.3) is 0 Å². The van der Waals surface area contributed by atoms with E-state index in [0.717, 1.165) is 5.69 Å². The maximum Gasteiger partial charge on any atom is 0.244 e. The summed E-state index contributed by atoms with van der Waals surface area (Å²) in [6.45, 7) is 1.70. The van der Waals surface area contributed by atoms with Gasteiger partial charge in [-0.05, 0) is 37.3 Å². The van der Waals surface area contributed by atoms with Gasteiger partial charge in [-0.25, -0.2) is 4.39 Å². The van der Waals surface area contributed by atoms with Gasteiger partial charge in [0.15, 0.2) is 0 Å². The van der Waals surface area contributed by atoms with Gasteiger partial charge in [-0.1, -0.05) is 12.1 Å². The fraction of sp³-hybridized carbons (Fsp3) is 0.188. The van der Waals surface area contributed by atoms with Crippen molar-refractivity contribution in [2.75, 3.05) is 16.8 Å². The van der Waals surface area contributed by atoms with Gasteiger partial charge in [-0.2, -0.15) is 0 Å². The van der Waals surface area contributed by atoms with E-state index in [1.807, 2.05) is 24.3 Å². The van der Waals surface area contributed by atoms with Gasteiger partial charge in [0.2, 0.25) is 5.91 Å². The number of nitrogens with zero attached hydrogens (tertiary/aromatic N) is 1. The van der Waals surface area contributed by atoms with E-state index in [9.17, 15) is 14.3 Å². The van der Waals surface area contributed by atoms with Crippen molar-refractivity contribution in [2.45, 2.75) is 13.0 Å². The predicted octanol–water partition coefficient (Wildman–Crippen LogP) is 2.97. The van der Waals surface area contributed by atoms with Crippen molar-refractivity contribution < 1.29 is 14.3 Å². The Hall–Kier alpha value is -2.40. The predicted molar refractivity (Wildman–Crippen MR) is 79.1 cm³/mol. The average Bonchev–Trinajstić information content (AvgIpc) is 2.46. The summed E-state index contributed by atoms with van der Waals surface area (Å²) in [6, 6.07) is 11.6. The molecule has 5 heteroatoms. The zero-order chi connectivity index (χ0) is 15.0. The van der Waals surface area contributed by atoms with Gasteiger partial charge in [-0.15, -0.1) is 0 Å². The normalized spacial score (nSPS) is 15.4. The van der Waals surface area contributed by atoms with Crippen LogP contribution in [-0.2, 0) is 4.79 Å². The molecule has 0 spiro atoms. The maximum absolute atomic E-state index is 13.4. The summed E-state index contributed by atoms with van der Waals surface area (Å²) in [5.74, 6) is -0.557. The van der Waals surface area contributed by atoms with Crippen LogP contribution in [0.3, 0.4) is 0 Å². The van der Waals surface area contributed by atoms with Crippen LogP contribution in [0.2, 0.25) is 0 Å². The number of nitrogens with one attached hydrogen (secondary N) is 1. The summed E-state index contributed by atoms with van der Waals surface area (Å²) >= 11 is 0. The number of hydrogen-bond donors (Lipinski definition) is 2. The first-order valence-corrected chi connectivity index (χ1v) is 6.70. The van der Waals surface area contributed by atoms with Crippen LogP contribution in [0.5, 0.6) is 0 Å². The number of aliphatic hydroxyl groups is 1. The van der Waals surface area contributed by atoms with E-state index in [1.165, 1.54) is 12.1 Å². The lowest BCUT2D eigenvalue weighted by Gasteiger charge is -2.32. The summed E-state index contributed by atoms with van der Waals surface area (Å²) in [5, 5.41) is 12.7. The SMILES string of the molecule is CC(O)c1cc(F)ccc1N1CC(=O)Nc2ccccc21. The molecule has 108 valence electrons. The molecule has 4 nitrogen and oxygen atoms in total. The van der Waals surface area contributed by atoms with Crippen molar-refractivity contribution in [1.82, 2.24) is 0 Å². The standard InChI is InChI=1S/C16H15FN2O2/c1-10(20)12-8-11(17)6-7-14(12)19-9-16(21)18-13-4-2-3-5-15(13)19/h2-8,10,20H,9H2,1H3,(H,18,21). The topological polar surface area (TPSA) is 52.6 Å². The molecule has 1 aliphatic rings. The van der Waals surface area contributed by atoms with Gasteiger partial charge in [0.25, 0.3) is 0 Å². The minimum atomic E-state index is -0.826. The summed E-state index contributed by atoms with van der Waals surface area (Å²) in [7, 11) is 0. The van der Waals surface area contributed by atoms with Gasteiger partial charge in [0, 0.05) is 11.3 Å². The number of hydrogen-bond acceptors (Lipinski definition) is 3. The second-order valence-electron chi connectivity index (χ2n) is 5.03. The monoisotopic (exact) mass is 286 g/mol. The highest BCUT2D eigenvalue weighted by Crippen LogP contribution is 2.38. The first kappa shape index (κ1) is 13.6. The third kappa shape index (κ3) is 2.48. The van der Waals surface area contributed by atoms with Crippen LogP contribution in [0.4, 0.5) is 21.5 Å². The molecule has 2 aromatic carbocycles. The van der Waals surface area contributed by atoms with Crippen LogP contribution >= 0.6 is 0 Å². The summed E-state index contributed by atoms with van der Waals surface area (Å²) in [5.41, 5.74) is 2.62. The molecule has 1 unspecified atom stereocenters. The van der Waals surface area contributed by atoms with Gasteiger partial charge in [-0.3, -0.25) is 4.79 Å². The second kappa shape index (κ2) is 5.18. The van der Waals surface area contributed by atoms with E-state index < -0.39 is 11.9 Å². The van der Waals surface area contributed by atoms with E-state index in [-0.39, 0.29) is 12.5 Å². The van der Waals surface area contributed by atoms with Crippen molar-refractivity contribution in [2.24, 2.45) is 0 Å². The molecule has 3 rings (SSSR count). The largest absolute Gasteiger partial charge is 0.389 e. The zero-order valence-corrected chi connectivity index (χ0v) is 11.5. The van der Waals surface area contributed by atoms with E-state index in [4.69, 9.17) is 0 Å².